The van der Waals surface area contributed by atoms with Crippen LogP contribution in [0.3, 0.4) is 0 Å². The minimum Gasteiger partial charge on any atom is -0.353 e. The fourth-order valence-electron chi connectivity index (χ4n) is 3.77. The van der Waals surface area contributed by atoms with Gasteiger partial charge in [-0.2, -0.15) is 0 Å². The molecule has 25 heavy (non-hydrogen) atoms. The van der Waals surface area contributed by atoms with Crippen molar-refractivity contribution in [3.63, 3.8) is 0 Å². The molecule has 1 aliphatic heterocycles. The van der Waals surface area contributed by atoms with Crippen LogP contribution in [0.4, 0.5) is 5.82 Å². The zero-order chi connectivity index (χ0) is 16.6. The lowest BCUT2D eigenvalue weighted by Gasteiger charge is -2.34. The number of imidazole rings is 1. The first kappa shape index (κ1) is 15.3. The molecule has 5 rings (SSSR count). The van der Waals surface area contributed by atoms with Crippen molar-refractivity contribution in [3.8, 4) is 0 Å². The maximum atomic E-state index is 4.89. The average Bonchev–Trinajstić information content (AvgIpc) is 3.27. The molecule has 130 valence electrons. The van der Waals surface area contributed by atoms with E-state index in [1.165, 1.54) is 41.3 Å². The average molecular weight is 354 g/mol. The summed E-state index contributed by atoms with van der Waals surface area (Å²) in [5.74, 6) is 1.04. The number of fused-ring (bicyclic) bond motifs is 2. The zero-order valence-corrected chi connectivity index (χ0v) is 15.1. The molecule has 0 saturated carbocycles. The van der Waals surface area contributed by atoms with Crippen molar-refractivity contribution in [2.75, 3.05) is 31.1 Å². The Morgan fingerprint density at radius 3 is 2.80 bits per heavy atom. The number of thiazole rings is 1. The maximum absolute atomic E-state index is 4.89. The highest BCUT2D eigenvalue weighted by Gasteiger charge is 2.21. The third kappa shape index (κ3) is 3.02. The molecule has 0 N–H and O–H groups in total. The number of nitrogens with zero attached hydrogens (tertiary/aromatic N) is 6. The van der Waals surface area contributed by atoms with Crippen molar-refractivity contribution in [1.29, 1.82) is 0 Å². The normalized spacial score (nSPS) is 18.6. The number of hydrogen-bond donors (Lipinski definition) is 0. The Bertz CT molecular complexity index is 853. The summed E-state index contributed by atoms with van der Waals surface area (Å²) in [7, 11) is 0. The quantitative estimate of drug-likeness (QED) is 0.723. The van der Waals surface area contributed by atoms with E-state index in [0.717, 1.165) is 44.2 Å². The molecule has 1 saturated heterocycles. The molecule has 3 aromatic rings. The van der Waals surface area contributed by atoms with Crippen molar-refractivity contribution >= 4 is 22.8 Å². The van der Waals surface area contributed by atoms with Crippen molar-refractivity contribution in [2.24, 2.45) is 0 Å². The molecular formula is C18H22N6S. The highest BCUT2D eigenvalue weighted by molar-refractivity contribution is 7.11. The van der Waals surface area contributed by atoms with E-state index < -0.39 is 0 Å². The van der Waals surface area contributed by atoms with Crippen LogP contribution < -0.4 is 4.90 Å². The van der Waals surface area contributed by atoms with Gasteiger partial charge in [0.1, 0.15) is 10.8 Å². The van der Waals surface area contributed by atoms with Crippen molar-refractivity contribution in [2.45, 2.75) is 32.2 Å². The molecule has 0 bridgehead atoms. The number of rotatable bonds is 3. The standard InChI is InChI=1S/C18H22N6S/c1-2-4-15-14(3-1)20-18(25-15)13-22-9-11-23(12-10-22)17-6-5-16-19-7-8-24(16)21-17/h5-8H,1-4,9-13H2. The number of piperazine rings is 1. The smallest absolute Gasteiger partial charge is 0.153 e. The summed E-state index contributed by atoms with van der Waals surface area (Å²) in [6, 6.07) is 4.11. The Balaban J connectivity index is 1.22. The van der Waals surface area contributed by atoms with Gasteiger partial charge >= 0.3 is 0 Å². The molecule has 0 amide bonds. The second-order valence-corrected chi connectivity index (χ2v) is 8.04. The van der Waals surface area contributed by atoms with Crippen molar-refractivity contribution < 1.29 is 0 Å². The van der Waals surface area contributed by atoms with E-state index in [4.69, 9.17) is 4.98 Å². The summed E-state index contributed by atoms with van der Waals surface area (Å²) in [5.41, 5.74) is 2.28. The van der Waals surface area contributed by atoms with Gasteiger partial charge in [-0.1, -0.05) is 0 Å². The SMILES string of the molecule is c1cn2nc(N3CCN(Cc4nc5c(s4)CCCC5)CC3)ccc2n1. The van der Waals surface area contributed by atoms with Crippen LogP contribution in [0, 0.1) is 0 Å². The first-order valence-corrected chi connectivity index (χ1v) is 9.92. The van der Waals surface area contributed by atoms with Crippen LogP contribution in [0.15, 0.2) is 24.5 Å². The molecule has 1 aliphatic carbocycles. The van der Waals surface area contributed by atoms with Crippen LogP contribution in [0.25, 0.3) is 5.65 Å². The van der Waals surface area contributed by atoms with E-state index in [9.17, 15) is 0 Å². The molecule has 4 heterocycles. The van der Waals surface area contributed by atoms with Gasteiger partial charge in [-0.3, -0.25) is 4.90 Å². The summed E-state index contributed by atoms with van der Waals surface area (Å²) < 4.78 is 1.85. The van der Waals surface area contributed by atoms with E-state index in [2.05, 4.69) is 25.9 Å². The van der Waals surface area contributed by atoms with Gasteiger partial charge in [0.05, 0.1) is 12.2 Å². The van der Waals surface area contributed by atoms with Crippen LogP contribution in [-0.2, 0) is 19.4 Å². The first-order valence-electron chi connectivity index (χ1n) is 9.10. The van der Waals surface area contributed by atoms with Crippen LogP contribution in [0.2, 0.25) is 0 Å². The molecule has 0 radical (unpaired) electrons. The number of aromatic nitrogens is 4. The van der Waals surface area contributed by atoms with Gasteiger partial charge in [-0.25, -0.2) is 14.5 Å². The van der Waals surface area contributed by atoms with Gasteiger partial charge in [0.25, 0.3) is 0 Å². The number of aryl methyl sites for hydroxylation is 2. The van der Waals surface area contributed by atoms with Gasteiger partial charge in [-0.15, -0.1) is 16.4 Å². The lowest BCUT2D eigenvalue weighted by Crippen LogP contribution is -2.46. The topological polar surface area (TPSA) is 49.6 Å². The van der Waals surface area contributed by atoms with Gasteiger partial charge in [-0.05, 0) is 37.8 Å². The van der Waals surface area contributed by atoms with Gasteiger partial charge in [0, 0.05) is 43.4 Å². The molecule has 0 spiro atoms. The molecule has 3 aromatic heterocycles. The monoisotopic (exact) mass is 354 g/mol. The van der Waals surface area contributed by atoms with E-state index in [-0.39, 0.29) is 0 Å². The summed E-state index contributed by atoms with van der Waals surface area (Å²) in [6.45, 7) is 5.15. The predicted octanol–water partition coefficient (Wildman–Crippen LogP) is 2.39. The lowest BCUT2D eigenvalue weighted by molar-refractivity contribution is 0.248. The maximum Gasteiger partial charge on any atom is 0.153 e. The fourth-order valence-corrected chi connectivity index (χ4v) is 4.97. The second-order valence-electron chi connectivity index (χ2n) is 6.87. The molecular weight excluding hydrogens is 332 g/mol. The first-order chi connectivity index (χ1) is 12.3. The van der Waals surface area contributed by atoms with E-state index >= 15 is 0 Å². The van der Waals surface area contributed by atoms with Crippen LogP contribution >= 0.6 is 11.3 Å². The minimum atomic E-state index is 0.898. The molecule has 7 heteroatoms. The summed E-state index contributed by atoms with van der Waals surface area (Å²) >= 11 is 1.94. The molecule has 1 fully saturated rings. The number of anilines is 1. The highest BCUT2D eigenvalue weighted by atomic mass is 32.1. The molecule has 6 nitrogen and oxygen atoms in total. The highest BCUT2D eigenvalue weighted by Crippen LogP contribution is 2.27. The summed E-state index contributed by atoms with van der Waals surface area (Å²) in [6.07, 6.45) is 8.76. The Labute approximate surface area is 151 Å². The molecule has 2 aliphatic rings. The molecule has 0 aromatic carbocycles. The van der Waals surface area contributed by atoms with Crippen LogP contribution in [-0.4, -0.2) is 50.7 Å². The van der Waals surface area contributed by atoms with E-state index in [0.29, 0.717) is 0 Å². The largest absolute Gasteiger partial charge is 0.353 e. The third-order valence-electron chi connectivity index (χ3n) is 5.19. The fraction of sp³-hybridized carbons (Fsp3) is 0.500. The minimum absolute atomic E-state index is 0.898. The predicted molar refractivity (Wildman–Crippen MR) is 99.2 cm³/mol. The zero-order valence-electron chi connectivity index (χ0n) is 14.3. The van der Waals surface area contributed by atoms with Crippen molar-refractivity contribution in [1.82, 2.24) is 24.5 Å². The van der Waals surface area contributed by atoms with E-state index in [1.54, 1.807) is 6.20 Å². The Kier molecular flexibility index (Phi) is 3.90. The molecule has 0 atom stereocenters. The third-order valence-corrected chi connectivity index (χ3v) is 6.33. The second kappa shape index (κ2) is 6.38. The Hall–Kier alpha value is -1.99. The number of hydrogen-bond acceptors (Lipinski definition) is 6. The van der Waals surface area contributed by atoms with Crippen LogP contribution in [0.1, 0.15) is 28.4 Å². The summed E-state index contributed by atoms with van der Waals surface area (Å²) in [4.78, 5) is 15.6. The Morgan fingerprint density at radius 2 is 1.92 bits per heavy atom. The van der Waals surface area contributed by atoms with Gasteiger partial charge < -0.3 is 4.90 Å². The van der Waals surface area contributed by atoms with Gasteiger partial charge in [0.15, 0.2) is 5.65 Å². The molecule has 0 unspecified atom stereocenters. The van der Waals surface area contributed by atoms with Crippen molar-refractivity contribution in [3.05, 3.63) is 40.1 Å². The lowest BCUT2D eigenvalue weighted by atomic mass is 10.0. The van der Waals surface area contributed by atoms with Crippen LogP contribution in [0.5, 0.6) is 0 Å². The summed E-state index contributed by atoms with van der Waals surface area (Å²) in [5, 5.41) is 5.97. The van der Waals surface area contributed by atoms with E-state index in [1.807, 2.05) is 28.1 Å². The Morgan fingerprint density at radius 1 is 1.04 bits per heavy atom. The van der Waals surface area contributed by atoms with Gasteiger partial charge in [0.2, 0.25) is 0 Å².